The Hall–Kier alpha value is -3.05. The van der Waals surface area contributed by atoms with Crippen LogP contribution < -0.4 is 37.0 Å². The van der Waals surface area contributed by atoms with Gasteiger partial charge in [0.2, 0.25) is 11.3 Å². The number of pyridine rings is 1. The molecule has 3 aliphatic heterocycles. The molecule has 1 aromatic carbocycles. The van der Waals surface area contributed by atoms with Gasteiger partial charge in [0.05, 0.1) is 22.6 Å². The van der Waals surface area contributed by atoms with Crippen LogP contribution >= 0.6 is 0 Å². The lowest BCUT2D eigenvalue weighted by Crippen LogP contribution is -2.37. The number of halogens is 1. The molecule has 0 spiro atoms. The van der Waals surface area contributed by atoms with Gasteiger partial charge in [0.1, 0.15) is 18.0 Å². The summed E-state index contributed by atoms with van der Waals surface area (Å²) in [5.74, 6) is 3.51. The Balaban J connectivity index is 1.98. The highest BCUT2D eigenvalue weighted by molar-refractivity contribution is 6.09. The third kappa shape index (κ3) is 2.22. The smallest absolute Gasteiger partial charge is 0.345 e. The monoisotopic (exact) mass is 404 g/mol. The van der Waals surface area contributed by atoms with Crippen LogP contribution in [-0.4, -0.2) is 55.0 Å². The second-order valence-corrected chi connectivity index (χ2v) is 7.78. The number of hydrogen-bond acceptors (Lipinski definition) is 8. The molecule has 0 bridgehead atoms. The van der Waals surface area contributed by atoms with Crippen LogP contribution in [0.15, 0.2) is 4.79 Å². The van der Waals surface area contributed by atoms with Gasteiger partial charge in [-0.15, -0.1) is 0 Å². The fourth-order valence-corrected chi connectivity index (χ4v) is 4.83. The van der Waals surface area contributed by atoms with Crippen molar-refractivity contribution in [2.24, 2.45) is 11.6 Å². The second kappa shape index (κ2) is 5.97. The van der Waals surface area contributed by atoms with Gasteiger partial charge in [-0.1, -0.05) is 0 Å². The number of anilines is 3. The molecule has 0 radical (unpaired) electrons. The van der Waals surface area contributed by atoms with E-state index in [1.54, 1.807) is 4.57 Å². The fraction of sp³-hybridized carbons (Fsp3) is 0.444. The number of carboxylic acid groups (broad SMARTS) is 1. The summed E-state index contributed by atoms with van der Waals surface area (Å²) in [4.78, 5) is 28.7. The van der Waals surface area contributed by atoms with Crippen molar-refractivity contribution in [2.45, 2.75) is 18.5 Å². The Labute approximate surface area is 164 Å². The number of benzene rings is 1. The third-order valence-corrected chi connectivity index (χ3v) is 6.03. The molecule has 1 aromatic heterocycles. The minimum atomic E-state index is -1.42. The number of nitrogen functional groups attached to an aromatic ring is 1. The predicted molar refractivity (Wildman–Crippen MR) is 106 cm³/mol. The molecule has 0 saturated carbocycles. The Morgan fingerprint density at radius 2 is 2.10 bits per heavy atom. The summed E-state index contributed by atoms with van der Waals surface area (Å²) in [5.41, 5.74) is 8.03. The Kier molecular flexibility index (Phi) is 3.71. The summed E-state index contributed by atoms with van der Waals surface area (Å²) < 4.78 is 23.0. The first kappa shape index (κ1) is 18.0. The van der Waals surface area contributed by atoms with Crippen LogP contribution in [0, 0.1) is 5.82 Å². The molecule has 2 aromatic rings. The number of hydrazine groups is 1. The minimum Gasteiger partial charge on any atom is -0.477 e. The number of rotatable bonds is 3. The van der Waals surface area contributed by atoms with E-state index in [-0.39, 0.29) is 35.6 Å². The molecular weight excluding hydrogens is 383 g/mol. The zero-order valence-corrected chi connectivity index (χ0v) is 15.7. The van der Waals surface area contributed by atoms with E-state index >= 15 is 4.39 Å². The van der Waals surface area contributed by atoms with Gasteiger partial charge in [-0.05, 0) is 6.42 Å². The van der Waals surface area contributed by atoms with E-state index in [0.717, 1.165) is 0 Å². The Morgan fingerprint density at radius 3 is 2.72 bits per heavy atom. The highest BCUT2D eigenvalue weighted by atomic mass is 19.1. The van der Waals surface area contributed by atoms with Gasteiger partial charge in [0, 0.05) is 32.7 Å². The van der Waals surface area contributed by atoms with Crippen LogP contribution in [0.3, 0.4) is 0 Å². The third-order valence-electron chi connectivity index (χ3n) is 6.03. The van der Waals surface area contributed by atoms with Gasteiger partial charge in [-0.2, -0.15) is 0 Å². The number of nitrogens with one attached hydrogen (secondary N) is 1. The summed E-state index contributed by atoms with van der Waals surface area (Å²) in [5, 5.41) is 9.55. The number of carboxylic acids is 1. The molecular formula is C18H21FN6O4. The molecule has 10 nitrogen and oxygen atoms in total. The summed E-state index contributed by atoms with van der Waals surface area (Å²) in [6, 6.07) is -0.284. The number of nitrogens with two attached hydrogens (primary N) is 2. The maximum absolute atomic E-state index is 15.7. The highest BCUT2D eigenvalue weighted by Gasteiger charge is 2.41. The van der Waals surface area contributed by atoms with Gasteiger partial charge in [0.25, 0.3) is 0 Å². The molecule has 0 aliphatic carbocycles. The number of nitrogens with zero attached hydrogens (tertiary/aromatic N) is 3. The number of aromatic nitrogens is 1. The molecule has 2 unspecified atom stereocenters. The van der Waals surface area contributed by atoms with Crippen LogP contribution in [0.2, 0.25) is 0 Å². The van der Waals surface area contributed by atoms with Crippen LogP contribution in [0.1, 0.15) is 22.8 Å². The van der Waals surface area contributed by atoms with Crippen LogP contribution in [0.25, 0.3) is 10.9 Å². The molecule has 2 atom stereocenters. The molecule has 11 heteroatoms. The SMILES string of the molecule is CN1CC2COc3c(C(=O)O)c(=O)c4c(NN)c(F)c(N5CCC(N)C5)c1c4n32. The molecule has 4 heterocycles. The van der Waals surface area contributed by atoms with E-state index in [4.69, 9.17) is 16.3 Å². The standard InChI is InChI=1S/C18H21FN6O4/c1-23-5-8-6-29-17-10(18(27)28)16(26)9-12(22-21)11(19)14(15(23)13(9)25(8)17)24-3-2-7(20)4-24/h7-8,22H,2-6,20-21H2,1H3,(H,27,28). The lowest BCUT2D eigenvalue weighted by atomic mass is 10.0. The maximum atomic E-state index is 15.7. The van der Waals surface area contributed by atoms with E-state index in [1.165, 1.54) is 0 Å². The minimum absolute atomic E-state index is 0.00741. The first-order valence-corrected chi connectivity index (χ1v) is 9.37. The van der Waals surface area contributed by atoms with E-state index in [9.17, 15) is 14.7 Å². The Bertz CT molecular complexity index is 1130. The van der Waals surface area contributed by atoms with E-state index < -0.39 is 22.8 Å². The maximum Gasteiger partial charge on any atom is 0.345 e. The molecule has 3 aliphatic rings. The molecule has 1 saturated heterocycles. The highest BCUT2D eigenvalue weighted by Crippen LogP contribution is 2.49. The van der Waals surface area contributed by atoms with Crippen molar-refractivity contribution < 1.29 is 19.0 Å². The zero-order valence-electron chi connectivity index (χ0n) is 15.7. The van der Waals surface area contributed by atoms with Crippen molar-refractivity contribution in [3.05, 3.63) is 21.6 Å². The average molecular weight is 404 g/mol. The first-order valence-electron chi connectivity index (χ1n) is 9.37. The molecule has 0 amide bonds. The molecule has 6 N–H and O–H groups in total. The number of ether oxygens (including phenoxy) is 1. The first-order chi connectivity index (χ1) is 13.8. The lowest BCUT2D eigenvalue weighted by molar-refractivity contribution is 0.0691. The van der Waals surface area contributed by atoms with Crippen LogP contribution in [-0.2, 0) is 0 Å². The van der Waals surface area contributed by atoms with Crippen LogP contribution in [0.4, 0.5) is 21.5 Å². The molecule has 1 fully saturated rings. The second-order valence-electron chi connectivity index (χ2n) is 7.78. The van der Waals surface area contributed by atoms with Gasteiger partial charge < -0.3 is 35.4 Å². The van der Waals surface area contributed by atoms with Crippen molar-refractivity contribution in [1.82, 2.24) is 4.57 Å². The summed E-state index contributed by atoms with van der Waals surface area (Å²) in [7, 11) is 1.82. The van der Waals surface area contributed by atoms with Crippen LogP contribution in [0.5, 0.6) is 5.88 Å². The molecule has 5 rings (SSSR count). The topological polar surface area (TPSA) is 139 Å². The van der Waals surface area contributed by atoms with Crippen molar-refractivity contribution in [3.63, 3.8) is 0 Å². The molecule has 29 heavy (non-hydrogen) atoms. The van der Waals surface area contributed by atoms with Crippen molar-refractivity contribution in [1.29, 1.82) is 0 Å². The lowest BCUT2D eigenvalue weighted by Gasteiger charge is -2.36. The van der Waals surface area contributed by atoms with E-state index in [2.05, 4.69) is 5.43 Å². The van der Waals surface area contributed by atoms with Crippen molar-refractivity contribution >= 4 is 33.9 Å². The average Bonchev–Trinajstić information content (AvgIpc) is 3.27. The summed E-state index contributed by atoms with van der Waals surface area (Å²) in [6.45, 7) is 1.75. The van der Waals surface area contributed by atoms with Gasteiger partial charge in [0.15, 0.2) is 11.4 Å². The normalized spacial score (nSPS) is 22.3. The predicted octanol–water partition coefficient (Wildman–Crippen LogP) is 0.0451. The summed E-state index contributed by atoms with van der Waals surface area (Å²) in [6.07, 6.45) is 0.716. The van der Waals surface area contributed by atoms with Gasteiger partial charge in [-0.3, -0.25) is 10.6 Å². The number of carbonyl (C=O) groups is 1. The van der Waals surface area contributed by atoms with Gasteiger partial charge >= 0.3 is 5.97 Å². The number of hydrogen-bond donors (Lipinski definition) is 4. The Morgan fingerprint density at radius 1 is 1.34 bits per heavy atom. The zero-order chi connectivity index (χ0) is 20.6. The summed E-state index contributed by atoms with van der Waals surface area (Å²) >= 11 is 0. The van der Waals surface area contributed by atoms with Crippen molar-refractivity contribution in [3.8, 4) is 5.88 Å². The van der Waals surface area contributed by atoms with Gasteiger partial charge in [-0.25, -0.2) is 9.18 Å². The fourth-order valence-electron chi connectivity index (χ4n) is 4.83. The van der Waals surface area contributed by atoms with Crippen molar-refractivity contribution in [2.75, 3.05) is 48.5 Å². The van der Waals surface area contributed by atoms with E-state index in [1.807, 2.05) is 16.8 Å². The van der Waals surface area contributed by atoms with E-state index in [0.29, 0.717) is 42.9 Å². The quantitative estimate of drug-likeness (QED) is 0.413. The number of likely N-dealkylation sites (N-methyl/N-ethyl adjacent to an activating group) is 1. The molecule has 154 valence electrons. The number of aromatic carboxylic acids is 1. The largest absolute Gasteiger partial charge is 0.477 e.